The molecule has 3 rings (SSSR count). The molecule has 1 fully saturated rings. The first kappa shape index (κ1) is 16.4. The lowest BCUT2D eigenvalue weighted by Crippen LogP contribution is -2.28. The molecule has 1 aliphatic rings. The lowest BCUT2D eigenvalue weighted by atomic mass is 10.1. The zero-order valence-electron chi connectivity index (χ0n) is 12.5. The number of rotatable bonds is 2. The van der Waals surface area contributed by atoms with Gasteiger partial charge in [-0.3, -0.25) is 9.78 Å². The number of carbonyl (C=O) groups is 1. The molecule has 1 aromatic heterocycles. The summed E-state index contributed by atoms with van der Waals surface area (Å²) < 4.78 is 52.7. The third-order valence-corrected chi connectivity index (χ3v) is 3.83. The van der Waals surface area contributed by atoms with Gasteiger partial charge < -0.3 is 4.90 Å². The predicted molar refractivity (Wildman–Crippen MR) is 77.6 cm³/mol. The number of alkyl halides is 3. The molecule has 8 heteroatoms. The normalized spacial score (nSPS) is 14.9. The highest BCUT2D eigenvalue weighted by atomic mass is 19.4. The molecule has 1 amide bonds. The summed E-state index contributed by atoms with van der Waals surface area (Å²) in [6, 6.07) is 2.93. The first-order chi connectivity index (χ1) is 11.4. The van der Waals surface area contributed by atoms with Crippen molar-refractivity contribution in [2.24, 2.45) is 0 Å². The SMILES string of the molecule is O=C(c1cncc(-c2cccc(C(F)(F)F)c2F)n1)N1CCCC1. The lowest BCUT2D eigenvalue weighted by Gasteiger charge is -2.15. The Balaban J connectivity index is 1.99. The molecule has 1 saturated heterocycles. The van der Waals surface area contributed by atoms with Crippen LogP contribution in [0.5, 0.6) is 0 Å². The van der Waals surface area contributed by atoms with Gasteiger partial charge in [-0.15, -0.1) is 0 Å². The van der Waals surface area contributed by atoms with Crippen molar-refractivity contribution in [2.45, 2.75) is 19.0 Å². The fourth-order valence-corrected chi connectivity index (χ4v) is 2.63. The van der Waals surface area contributed by atoms with E-state index in [2.05, 4.69) is 9.97 Å². The van der Waals surface area contributed by atoms with E-state index < -0.39 is 17.6 Å². The molecule has 0 bridgehead atoms. The third-order valence-electron chi connectivity index (χ3n) is 3.83. The van der Waals surface area contributed by atoms with E-state index in [4.69, 9.17) is 0 Å². The maximum absolute atomic E-state index is 14.2. The summed E-state index contributed by atoms with van der Waals surface area (Å²) in [4.78, 5) is 21.7. The molecule has 0 unspecified atom stereocenters. The molecule has 4 nitrogen and oxygen atoms in total. The summed E-state index contributed by atoms with van der Waals surface area (Å²) in [5, 5.41) is 0. The van der Waals surface area contributed by atoms with Crippen LogP contribution in [0.4, 0.5) is 17.6 Å². The fraction of sp³-hybridized carbons (Fsp3) is 0.312. The van der Waals surface area contributed by atoms with Crippen LogP contribution in [0, 0.1) is 5.82 Å². The molecular weight excluding hydrogens is 326 g/mol. The summed E-state index contributed by atoms with van der Waals surface area (Å²) in [7, 11) is 0. The van der Waals surface area contributed by atoms with Gasteiger partial charge in [0.05, 0.1) is 23.7 Å². The van der Waals surface area contributed by atoms with Gasteiger partial charge in [-0.25, -0.2) is 9.37 Å². The van der Waals surface area contributed by atoms with E-state index in [9.17, 15) is 22.4 Å². The molecule has 2 heterocycles. The summed E-state index contributed by atoms with van der Waals surface area (Å²) in [6.07, 6.45) is -0.659. The number of carbonyl (C=O) groups excluding carboxylic acids is 1. The highest BCUT2D eigenvalue weighted by molar-refractivity contribution is 5.92. The number of nitrogens with zero attached hydrogens (tertiary/aromatic N) is 3. The van der Waals surface area contributed by atoms with Crippen LogP contribution < -0.4 is 0 Å². The Morgan fingerprint density at radius 2 is 1.83 bits per heavy atom. The quantitative estimate of drug-likeness (QED) is 0.786. The minimum Gasteiger partial charge on any atom is -0.337 e. The first-order valence-corrected chi connectivity index (χ1v) is 7.35. The van der Waals surface area contributed by atoms with Crippen LogP contribution in [-0.2, 0) is 6.18 Å². The Morgan fingerprint density at radius 1 is 1.12 bits per heavy atom. The maximum atomic E-state index is 14.2. The minimum absolute atomic E-state index is 0.00814. The average molecular weight is 339 g/mol. The van der Waals surface area contributed by atoms with Crippen LogP contribution in [-0.4, -0.2) is 33.9 Å². The topological polar surface area (TPSA) is 46.1 Å². The van der Waals surface area contributed by atoms with Crippen LogP contribution in [0.2, 0.25) is 0 Å². The summed E-state index contributed by atoms with van der Waals surface area (Å²) in [5.41, 5.74) is -1.83. The van der Waals surface area contributed by atoms with Crippen molar-refractivity contribution in [2.75, 3.05) is 13.1 Å². The number of hydrogen-bond donors (Lipinski definition) is 0. The first-order valence-electron chi connectivity index (χ1n) is 7.35. The summed E-state index contributed by atoms with van der Waals surface area (Å²) in [5.74, 6) is -1.78. The largest absolute Gasteiger partial charge is 0.419 e. The van der Waals surface area contributed by atoms with E-state index in [1.54, 1.807) is 4.90 Å². The Hall–Kier alpha value is -2.51. The van der Waals surface area contributed by atoms with Crippen molar-refractivity contribution in [1.29, 1.82) is 0 Å². The van der Waals surface area contributed by atoms with Crippen LogP contribution in [0.1, 0.15) is 28.9 Å². The van der Waals surface area contributed by atoms with Gasteiger partial charge in [0.15, 0.2) is 0 Å². The Labute approximate surface area is 135 Å². The van der Waals surface area contributed by atoms with Gasteiger partial charge in [0.25, 0.3) is 5.91 Å². The monoisotopic (exact) mass is 339 g/mol. The maximum Gasteiger partial charge on any atom is 0.419 e. The smallest absolute Gasteiger partial charge is 0.337 e. The second-order valence-electron chi connectivity index (χ2n) is 5.45. The Bertz CT molecular complexity index is 770. The van der Waals surface area contributed by atoms with Crippen LogP contribution in [0.15, 0.2) is 30.6 Å². The second kappa shape index (κ2) is 6.18. The molecule has 0 saturated carbocycles. The van der Waals surface area contributed by atoms with E-state index in [1.807, 2.05) is 0 Å². The zero-order valence-corrected chi connectivity index (χ0v) is 12.5. The van der Waals surface area contributed by atoms with Gasteiger partial charge in [0, 0.05) is 18.7 Å². The molecular formula is C16H13F4N3O. The molecule has 0 N–H and O–H groups in total. The van der Waals surface area contributed by atoms with Gasteiger partial charge in [0.2, 0.25) is 0 Å². The number of likely N-dealkylation sites (tertiary alicyclic amines) is 1. The number of halogens is 4. The lowest BCUT2D eigenvalue weighted by molar-refractivity contribution is -0.139. The molecule has 126 valence electrons. The summed E-state index contributed by atoms with van der Waals surface area (Å²) in [6.45, 7) is 1.20. The summed E-state index contributed by atoms with van der Waals surface area (Å²) >= 11 is 0. The molecule has 0 aliphatic carbocycles. The molecule has 0 spiro atoms. The van der Waals surface area contributed by atoms with E-state index in [1.165, 1.54) is 12.3 Å². The third kappa shape index (κ3) is 3.08. The van der Waals surface area contributed by atoms with Crippen molar-refractivity contribution >= 4 is 5.91 Å². The van der Waals surface area contributed by atoms with Crippen LogP contribution >= 0.6 is 0 Å². The molecule has 1 aromatic carbocycles. The Morgan fingerprint density at radius 3 is 2.50 bits per heavy atom. The van der Waals surface area contributed by atoms with Gasteiger partial charge in [-0.1, -0.05) is 6.07 Å². The zero-order chi connectivity index (χ0) is 17.3. The fourth-order valence-electron chi connectivity index (χ4n) is 2.63. The minimum atomic E-state index is -4.81. The van der Waals surface area contributed by atoms with Crippen molar-refractivity contribution < 1.29 is 22.4 Å². The molecule has 0 atom stereocenters. The van der Waals surface area contributed by atoms with E-state index in [0.29, 0.717) is 19.2 Å². The van der Waals surface area contributed by atoms with Crippen LogP contribution in [0.25, 0.3) is 11.3 Å². The average Bonchev–Trinajstić information content (AvgIpc) is 3.08. The predicted octanol–water partition coefficient (Wildman–Crippen LogP) is 3.54. The van der Waals surface area contributed by atoms with Crippen molar-refractivity contribution in [3.8, 4) is 11.3 Å². The highest BCUT2D eigenvalue weighted by Gasteiger charge is 2.35. The van der Waals surface area contributed by atoms with E-state index >= 15 is 0 Å². The number of benzene rings is 1. The van der Waals surface area contributed by atoms with E-state index in [-0.39, 0.29) is 22.9 Å². The second-order valence-corrected chi connectivity index (χ2v) is 5.45. The Kier molecular flexibility index (Phi) is 4.21. The van der Waals surface area contributed by atoms with Gasteiger partial charge in [0.1, 0.15) is 11.5 Å². The molecule has 2 aromatic rings. The van der Waals surface area contributed by atoms with Gasteiger partial charge in [-0.2, -0.15) is 13.2 Å². The van der Waals surface area contributed by atoms with Crippen molar-refractivity contribution in [3.05, 3.63) is 47.7 Å². The van der Waals surface area contributed by atoms with E-state index in [0.717, 1.165) is 25.1 Å². The molecule has 0 radical (unpaired) electrons. The standard InChI is InChI=1S/C16H13F4N3O/c17-14-10(4-3-5-11(14)16(18,19)20)12-8-21-9-13(22-12)15(24)23-6-1-2-7-23/h3-5,8-9H,1-2,6-7H2. The van der Waals surface area contributed by atoms with Crippen molar-refractivity contribution in [1.82, 2.24) is 14.9 Å². The van der Waals surface area contributed by atoms with Crippen LogP contribution in [0.3, 0.4) is 0 Å². The molecule has 24 heavy (non-hydrogen) atoms. The number of aromatic nitrogens is 2. The highest BCUT2D eigenvalue weighted by Crippen LogP contribution is 2.34. The molecule has 1 aliphatic heterocycles. The van der Waals surface area contributed by atoms with Gasteiger partial charge >= 0.3 is 6.18 Å². The number of amides is 1. The van der Waals surface area contributed by atoms with Crippen molar-refractivity contribution in [3.63, 3.8) is 0 Å². The van der Waals surface area contributed by atoms with Gasteiger partial charge in [-0.05, 0) is 25.0 Å². The number of hydrogen-bond acceptors (Lipinski definition) is 3.